The van der Waals surface area contributed by atoms with Gasteiger partial charge in [0.2, 0.25) is 0 Å². The van der Waals surface area contributed by atoms with Crippen LogP contribution < -0.4 is 15.4 Å². The highest BCUT2D eigenvalue weighted by Crippen LogP contribution is 2.17. The number of benzene rings is 1. The van der Waals surface area contributed by atoms with Crippen LogP contribution in [0.4, 0.5) is 5.82 Å². The lowest BCUT2D eigenvalue weighted by molar-refractivity contribution is 0.0945. The SMILES string of the molecule is COc1ccccc1CCNc1cnc(C(=O)NCc2ccccn2)cn1. The molecule has 1 aromatic carbocycles. The second-order valence-corrected chi connectivity index (χ2v) is 5.78. The first-order valence-electron chi connectivity index (χ1n) is 8.62. The van der Waals surface area contributed by atoms with Crippen molar-refractivity contribution in [3.8, 4) is 5.75 Å². The summed E-state index contributed by atoms with van der Waals surface area (Å²) in [4.78, 5) is 24.7. The van der Waals surface area contributed by atoms with Gasteiger partial charge in [-0.25, -0.2) is 9.97 Å². The lowest BCUT2D eigenvalue weighted by atomic mass is 10.1. The summed E-state index contributed by atoms with van der Waals surface area (Å²) in [5.41, 5.74) is 2.17. The summed E-state index contributed by atoms with van der Waals surface area (Å²) in [5.74, 6) is 1.20. The molecule has 0 fully saturated rings. The van der Waals surface area contributed by atoms with Crippen molar-refractivity contribution in [2.24, 2.45) is 0 Å². The van der Waals surface area contributed by atoms with Gasteiger partial charge in [0.15, 0.2) is 0 Å². The fourth-order valence-electron chi connectivity index (χ4n) is 2.54. The molecule has 0 aliphatic heterocycles. The van der Waals surface area contributed by atoms with Crippen molar-refractivity contribution in [1.82, 2.24) is 20.3 Å². The molecule has 0 atom stereocenters. The summed E-state index contributed by atoms with van der Waals surface area (Å²) in [6.45, 7) is 1.03. The van der Waals surface area contributed by atoms with Gasteiger partial charge in [-0.2, -0.15) is 0 Å². The van der Waals surface area contributed by atoms with E-state index in [1.54, 1.807) is 19.5 Å². The van der Waals surface area contributed by atoms with Crippen molar-refractivity contribution >= 4 is 11.7 Å². The average Bonchev–Trinajstić information content (AvgIpc) is 2.73. The van der Waals surface area contributed by atoms with Crippen LogP contribution in [-0.4, -0.2) is 34.5 Å². The second kappa shape index (κ2) is 9.28. The lowest BCUT2D eigenvalue weighted by Gasteiger charge is -2.09. The number of methoxy groups -OCH3 is 1. The number of para-hydroxylation sites is 1. The number of carbonyl (C=O) groups is 1. The summed E-state index contributed by atoms with van der Waals surface area (Å²) in [6, 6.07) is 13.4. The highest BCUT2D eigenvalue weighted by molar-refractivity contribution is 5.91. The highest BCUT2D eigenvalue weighted by atomic mass is 16.5. The quantitative estimate of drug-likeness (QED) is 0.639. The van der Waals surface area contributed by atoms with Gasteiger partial charge in [0.1, 0.15) is 17.3 Å². The Hall–Kier alpha value is -3.48. The molecule has 3 rings (SSSR count). The summed E-state index contributed by atoms with van der Waals surface area (Å²) in [7, 11) is 1.66. The van der Waals surface area contributed by atoms with E-state index in [-0.39, 0.29) is 11.6 Å². The first-order valence-corrected chi connectivity index (χ1v) is 8.62. The summed E-state index contributed by atoms with van der Waals surface area (Å²) >= 11 is 0. The van der Waals surface area contributed by atoms with Crippen molar-refractivity contribution < 1.29 is 9.53 Å². The van der Waals surface area contributed by atoms with Crippen LogP contribution in [0.25, 0.3) is 0 Å². The number of rotatable bonds is 8. The molecule has 2 N–H and O–H groups in total. The van der Waals surface area contributed by atoms with Crippen LogP contribution in [0, 0.1) is 0 Å². The molecule has 0 radical (unpaired) electrons. The first-order chi connectivity index (χ1) is 13.3. The van der Waals surface area contributed by atoms with Gasteiger partial charge in [-0.05, 0) is 30.2 Å². The number of pyridine rings is 1. The molecule has 3 aromatic rings. The smallest absolute Gasteiger partial charge is 0.271 e. The van der Waals surface area contributed by atoms with Crippen molar-refractivity contribution in [3.05, 3.63) is 78.0 Å². The summed E-state index contributed by atoms with van der Waals surface area (Å²) in [6.07, 6.45) is 5.49. The van der Waals surface area contributed by atoms with E-state index in [1.165, 1.54) is 6.20 Å². The summed E-state index contributed by atoms with van der Waals surface area (Å²) in [5, 5.41) is 5.97. The maximum atomic E-state index is 12.1. The Balaban J connectivity index is 1.49. The second-order valence-electron chi connectivity index (χ2n) is 5.78. The number of ether oxygens (including phenoxy) is 1. The Morgan fingerprint density at radius 1 is 1.04 bits per heavy atom. The van der Waals surface area contributed by atoms with Gasteiger partial charge in [0.25, 0.3) is 5.91 Å². The van der Waals surface area contributed by atoms with Gasteiger partial charge >= 0.3 is 0 Å². The number of amides is 1. The Labute approximate surface area is 157 Å². The van der Waals surface area contributed by atoms with E-state index in [4.69, 9.17) is 4.74 Å². The zero-order chi connectivity index (χ0) is 18.9. The molecule has 1 amide bonds. The fraction of sp³-hybridized carbons (Fsp3) is 0.200. The van der Waals surface area contributed by atoms with Gasteiger partial charge in [-0.1, -0.05) is 24.3 Å². The molecule has 0 saturated heterocycles. The third kappa shape index (κ3) is 5.24. The van der Waals surface area contributed by atoms with Crippen LogP contribution in [0.1, 0.15) is 21.7 Å². The normalized spacial score (nSPS) is 10.3. The number of hydrogen-bond donors (Lipinski definition) is 2. The number of anilines is 1. The third-order valence-corrected chi connectivity index (χ3v) is 3.93. The van der Waals surface area contributed by atoms with E-state index < -0.39 is 0 Å². The van der Waals surface area contributed by atoms with E-state index in [0.717, 1.165) is 23.4 Å². The molecule has 0 spiro atoms. The minimum absolute atomic E-state index is 0.265. The minimum Gasteiger partial charge on any atom is -0.496 e. The number of nitrogens with zero attached hydrogens (tertiary/aromatic N) is 3. The van der Waals surface area contributed by atoms with Gasteiger partial charge in [0.05, 0.1) is 31.7 Å². The lowest BCUT2D eigenvalue weighted by Crippen LogP contribution is -2.24. The van der Waals surface area contributed by atoms with Crippen molar-refractivity contribution in [1.29, 1.82) is 0 Å². The standard InChI is InChI=1S/C20H21N5O2/c1-27-18-8-3-2-6-15(18)9-11-22-19-14-23-17(13-24-19)20(26)25-12-16-7-4-5-10-21-16/h2-8,10,13-14H,9,11-12H2,1H3,(H,22,24)(H,25,26). The number of carbonyl (C=O) groups excluding carboxylic acids is 1. The maximum absolute atomic E-state index is 12.1. The van der Waals surface area contributed by atoms with E-state index in [0.29, 0.717) is 18.9 Å². The van der Waals surface area contributed by atoms with Crippen LogP contribution in [-0.2, 0) is 13.0 Å². The molecular formula is C20H21N5O2. The molecular weight excluding hydrogens is 342 g/mol. The molecule has 7 nitrogen and oxygen atoms in total. The highest BCUT2D eigenvalue weighted by Gasteiger charge is 2.08. The molecule has 27 heavy (non-hydrogen) atoms. The number of nitrogens with one attached hydrogen (secondary N) is 2. The average molecular weight is 363 g/mol. The maximum Gasteiger partial charge on any atom is 0.271 e. The fourth-order valence-corrected chi connectivity index (χ4v) is 2.54. The Morgan fingerprint density at radius 2 is 1.89 bits per heavy atom. The largest absolute Gasteiger partial charge is 0.496 e. The van der Waals surface area contributed by atoms with Gasteiger partial charge in [-0.3, -0.25) is 9.78 Å². The summed E-state index contributed by atoms with van der Waals surface area (Å²) < 4.78 is 5.34. The van der Waals surface area contributed by atoms with Crippen molar-refractivity contribution in [2.45, 2.75) is 13.0 Å². The molecule has 2 heterocycles. The monoisotopic (exact) mass is 363 g/mol. The van der Waals surface area contributed by atoms with Crippen molar-refractivity contribution in [3.63, 3.8) is 0 Å². The minimum atomic E-state index is -0.284. The van der Waals surface area contributed by atoms with Crippen LogP contribution in [0.15, 0.2) is 61.1 Å². The Bertz CT molecular complexity index is 869. The topological polar surface area (TPSA) is 89.0 Å². The van der Waals surface area contributed by atoms with Gasteiger partial charge in [-0.15, -0.1) is 0 Å². The molecule has 0 unspecified atom stereocenters. The van der Waals surface area contributed by atoms with Crippen molar-refractivity contribution in [2.75, 3.05) is 19.0 Å². The molecule has 0 aliphatic rings. The molecule has 2 aromatic heterocycles. The molecule has 0 bridgehead atoms. The van der Waals surface area contributed by atoms with Crippen LogP contribution in [0.3, 0.4) is 0 Å². The van der Waals surface area contributed by atoms with Crippen LogP contribution in [0.2, 0.25) is 0 Å². The zero-order valence-electron chi connectivity index (χ0n) is 15.1. The Kier molecular flexibility index (Phi) is 6.30. The van der Waals surface area contributed by atoms with Gasteiger partial charge < -0.3 is 15.4 Å². The van der Waals surface area contributed by atoms with Gasteiger partial charge in [0, 0.05) is 12.7 Å². The van der Waals surface area contributed by atoms with Crippen LogP contribution in [0.5, 0.6) is 5.75 Å². The van der Waals surface area contributed by atoms with Crippen LogP contribution >= 0.6 is 0 Å². The Morgan fingerprint density at radius 3 is 2.63 bits per heavy atom. The number of aromatic nitrogens is 3. The number of hydrogen-bond acceptors (Lipinski definition) is 6. The molecule has 0 saturated carbocycles. The predicted octanol–water partition coefficient (Wildman–Crippen LogP) is 2.46. The third-order valence-electron chi connectivity index (χ3n) is 3.93. The van der Waals surface area contributed by atoms with E-state index >= 15 is 0 Å². The van der Waals surface area contributed by atoms with E-state index in [1.807, 2.05) is 42.5 Å². The molecule has 138 valence electrons. The molecule has 0 aliphatic carbocycles. The van der Waals surface area contributed by atoms with E-state index in [9.17, 15) is 4.79 Å². The predicted molar refractivity (Wildman–Crippen MR) is 103 cm³/mol. The first kappa shape index (κ1) is 18.3. The molecule has 7 heteroatoms. The zero-order valence-corrected chi connectivity index (χ0v) is 15.1. The van der Waals surface area contributed by atoms with E-state index in [2.05, 4.69) is 25.6 Å².